The first-order valence-corrected chi connectivity index (χ1v) is 4.27. The zero-order valence-electron chi connectivity index (χ0n) is 6.84. The first-order chi connectivity index (χ1) is 4.78. The highest BCUT2D eigenvalue weighted by molar-refractivity contribution is 5.08. The lowest BCUT2D eigenvalue weighted by molar-refractivity contribution is -0.625. The molecular weight excluding hydrogens is 138 g/mol. The minimum absolute atomic E-state index is 0. The predicted molar refractivity (Wildman–Crippen MR) is 41.8 cm³/mol. The molecule has 0 aromatic rings. The second-order valence-electron chi connectivity index (χ2n) is 4.26. The van der Waals surface area contributed by atoms with Gasteiger partial charge in [0.1, 0.15) is 0 Å². The van der Waals surface area contributed by atoms with Gasteiger partial charge in [0.05, 0.1) is 0 Å². The summed E-state index contributed by atoms with van der Waals surface area (Å²) in [4.78, 5) is 0. The molecule has 2 bridgehead atoms. The van der Waals surface area contributed by atoms with Crippen LogP contribution < -0.4 is 6.15 Å². The molecule has 3 N–H and O–H groups in total. The molecule has 0 atom stereocenters. The summed E-state index contributed by atoms with van der Waals surface area (Å²) in [6.45, 7) is 0. The fraction of sp³-hybridized carbons (Fsp3) is 1.00. The van der Waals surface area contributed by atoms with Crippen LogP contribution in [-0.4, -0.2) is 15.8 Å². The van der Waals surface area contributed by atoms with Crippen molar-refractivity contribution in [1.29, 1.82) is 0 Å². The number of rotatable bonds is 0. The smallest absolute Gasteiger partial charge is 0.152 e. The van der Waals surface area contributed by atoms with Crippen LogP contribution in [0.2, 0.25) is 0 Å². The Morgan fingerprint density at radius 2 is 1.09 bits per heavy atom. The van der Waals surface area contributed by atoms with Crippen molar-refractivity contribution in [3.05, 3.63) is 5.53 Å². The molecule has 0 spiro atoms. The van der Waals surface area contributed by atoms with Crippen molar-refractivity contribution < 1.29 is 4.70 Å². The SMILES string of the molecule is N.[N-]=[N+]1C23CCC1(CC2)CC3. The van der Waals surface area contributed by atoms with Gasteiger partial charge in [-0.05, 0) is 0 Å². The Kier molecular flexibility index (Phi) is 1.09. The molecule has 62 valence electrons. The molecule has 3 aliphatic heterocycles. The van der Waals surface area contributed by atoms with Crippen molar-refractivity contribution >= 4 is 0 Å². The molecular formula is C8H15N3. The van der Waals surface area contributed by atoms with Crippen LogP contribution in [0.5, 0.6) is 0 Å². The molecule has 3 heteroatoms. The normalized spacial score (nSPS) is 51.5. The minimum atomic E-state index is 0. The van der Waals surface area contributed by atoms with Crippen molar-refractivity contribution in [2.24, 2.45) is 0 Å². The van der Waals surface area contributed by atoms with E-state index >= 15 is 0 Å². The minimum Gasteiger partial charge on any atom is -0.506 e. The van der Waals surface area contributed by atoms with Gasteiger partial charge in [-0.15, -0.1) is 0 Å². The van der Waals surface area contributed by atoms with Crippen LogP contribution in [0.1, 0.15) is 38.5 Å². The predicted octanol–water partition coefficient (Wildman–Crippen LogP) is 2.04. The maximum Gasteiger partial charge on any atom is 0.152 e. The number of hydrogen-bond acceptors (Lipinski definition) is 1. The van der Waals surface area contributed by atoms with Gasteiger partial charge in [-0.2, -0.15) is 0 Å². The van der Waals surface area contributed by atoms with Crippen molar-refractivity contribution in [2.75, 3.05) is 0 Å². The highest BCUT2D eigenvalue weighted by Gasteiger charge is 2.68. The van der Waals surface area contributed by atoms with Gasteiger partial charge in [0.2, 0.25) is 0 Å². The first-order valence-electron chi connectivity index (χ1n) is 4.27. The third-order valence-electron chi connectivity index (χ3n) is 4.07. The average molecular weight is 153 g/mol. The van der Waals surface area contributed by atoms with E-state index in [1.807, 2.05) is 0 Å². The van der Waals surface area contributed by atoms with E-state index in [-0.39, 0.29) is 17.2 Å². The van der Waals surface area contributed by atoms with Gasteiger partial charge in [0, 0.05) is 38.5 Å². The Labute approximate surface area is 66.9 Å². The molecule has 0 aromatic heterocycles. The topological polar surface area (TPSA) is 60.3 Å². The lowest BCUT2D eigenvalue weighted by atomic mass is 9.71. The Morgan fingerprint density at radius 3 is 1.18 bits per heavy atom. The van der Waals surface area contributed by atoms with E-state index in [0.717, 1.165) is 0 Å². The summed E-state index contributed by atoms with van der Waals surface area (Å²) in [5.74, 6) is 0. The molecule has 0 aliphatic carbocycles. The lowest BCUT2D eigenvalue weighted by Crippen LogP contribution is -2.29. The van der Waals surface area contributed by atoms with E-state index in [2.05, 4.69) is 0 Å². The largest absolute Gasteiger partial charge is 0.506 e. The molecule has 0 amide bonds. The Hall–Kier alpha value is -0.440. The Morgan fingerprint density at radius 1 is 0.818 bits per heavy atom. The molecule has 0 saturated carbocycles. The Bertz CT molecular complexity index is 175. The van der Waals surface area contributed by atoms with E-state index in [1.54, 1.807) is 4.70 Å². The standard InChI is InChI=1S/C8H12N2.H3N/c9-10-7-1-2-8(10,5-3-7)6-4-7;/h1-6H2;1H3. The van der Waals surface area contributed by atoms with E-state index in [4.69, 9.17) is 0 Å². The quantitative estimate of drug-likeness (QED) is 0.532. The highest BCUT2D eigenvalue weighted by Crippen LogP contribution is 2.60. The molecule has 3 nitrogen and oxygen atoms in total. The van der Waals surface area contributed by atoms with E-state index in [9.17, 15) is 5.53 Å². The number of nitrogens with zero attached hydrogens (tertiary/aromatic N) is 2. The zero-order valence-corrected chi connectivity index (χ0v) is 6.84. The summed E-state index contributed by atoms with van der Waals surface area (Å²) in [7, 11) is 0. The van der Waals surface area contributed by atoms with Crippen molar-refractivity contribution in [2.45, 2.75) is 49.6 Å². The highest BCUT2D eigenvalue weighted by atomic mass is 15.4. The van der Waals surface area contributed by atoms with Gasteiger partial charge in [-0.3, -0.25) is 0 Å². The third-order valence-corrected chi connectivity index (χ3v) is 4.07. The first kappa shape index (κ1) is 7.22. The summed E-state index contributed by atoms with van der Waals surface area (Å²) in [6.07, 6.45) is 7.52. The summed E-state index contributed by atoms with van der Waals surface area (Å²) < 4.78 is 1.71. The number of hydrogen-bond donors (Lipinski definition) is 1. The van der Waals surface area contributed by atoms with E-state index in [0.29, 0.717) is 0 Å². The van der Waals surface area contributed by atoms with E-state index < -0.39 is 0 Å². The lowest BCUT2D eigenvalue weighted by Gasteiger charge is -2.24. The fourth-order valence-corrected chi connectivity index (χ4v) is 3.28. The van der Waals surface area contributed by atoms with Crippen LogP contribution in [-0.2, 0) is 0 Å². The van der Waals surface area contributed by atoms with Gasteiger partial charge in [-0.1, -0.05) is 0 Å². The average Bonchev–Trinajstić information content (AvgIpc) is 2.52. The summed E-state index contributed by atoms with van der Waals surface area (Å²) in [6, 6.07) is 0. The van der Waals surface area contributed by atoms with Crippen LogP contribution in [0.3, 0.4) is 0 Å². The fourth-order valence-electron chi connectivity index (χ4n) is 3.28. The van der Waals surface area contributed by atoms with Crippen LogP contribution in [0.15, 0.2) is 0 Å². The van der Waals surface area contributed by atoms with E-state index in [1.165, 1.54) is 38.5 Å². The monoisotopic (exact) mass is 153 g/mol. The summed E-state index contributed by atoms with van der Waals surface area (Å²) in [5.41, 5.74) is 10.3. The van der Waals surface area contributed by atoms with Crippen LogP contribution >= 0.6 is 0 Å². The van der Waals surface area contributed by atoms with Crippen molar-refractivity contribution in [1.82, 2.24) is 6.15 Å². The third kappa shape index (κ3) is 0.515. The van der Waals surface area contributed by atoms with Crippen LogP contribution in [0, 0.1) is 0 Å². The van der Waals surface area contributed by atoms with Gasteiger partial charge >= 0.3 is 0 Å². The molecule has 3 fully saturated rings. The molecule has 3 heterocycles. The van der Waals surface area contributed by atoms with Gasteiger partial charge in [0.15, 0.2) is 11.1 Å². The molecule has 0 aromatic carbocycles. The summed E-state index contributed by atoms with van der Waals surface area (Å²) >= 11 is 0. The molecule has 3 rings (SSSR count). The second kappa shape index (κ2) is 1.66. The zero-order chi connectivity index (χ0) is 6.82. The van der Waals surface area contributed by atoms with Crippen LogP contribution in [0.25, 0.3) is 5.53 Å². The molecule has 3 aliphatic rings. The maximum atomic E-state index is 9.74. The maximum absolute atomic E-state index is 9.74. The summed E-state index contributed by atoms with van der Waals surface area (Å²) in [5, 5.41) is 0. The second-order valence-corrected chi connectivity index (χ2v) is 4.26. The van der Waals surface area contributed by atoms with Gasteiger partial charge in [0.25, 0.3) is 0 Å². The van der Waals surface area contributed by atoms with Crippen LogP contribution in [0.4, 0.5) is 0 Å². The molecule has 3 saturated heterocycles. The Balaban J connectivity index is 0.000000480. The van der Waals surface area contributed by atoms with Gasteiger partial charge in [-0.25, -0.2) is 0 Å². The molecule has 0 unspecified atom stereocenters. The molecule has 11 heavy (non-hydrogen) atoms. The van der Waals surface area contributed by atoms with Gasteiger partial charge < -0.3 is 16.4 Å². The van der Waals surface area contributed by atoms with Crippen molar-refractivity contribution in [3.8, 4) is 0 Å². The van der Waals surface area contributed by atoms with Crippen molar-refractivity contribution in [3.63, 3.8) is 0 Å². The molecule has 0 radical (unpaired) electrons.